The number of rotatable bonds is 10. The molecule has 0 radical (unpaired) electrons. The summed E-state index contributed by atoms with van der Waals surface area (Å²) in [5.41, 5.74) is 5.38. The number of benzene rings is 2. The summed E-state index contributed by atoms with van der Waals surface area (Å²) < 4.78 is 17.9. The molecule has 2 aromatic carbocycles. The largest absolute Gasteiger partial charge is 0.350 e. The molecule has 4 aromatic rings. The van der Waals surface area contributed by atoms with E-state index < -0.39 is 11.2 Å². The van der Waals surface area contributed by atoms with Gasteiger partial charge in [-0.2, -0.15) is 0 Å². The van der Waals surface area contributed by atoms with Crippen molar-refractivity contribution in [1.29, 1.82) is 0 Å². The molecule has 65 heavy (non-hydrogen) atoms. The van der Waals surface area contributed by atoms with Crippen molar-refractivity contribution in [3.8, 4) is 11.3 Å². The Morgan fingerprint density at radius 3 is 2.26 bits per heavy atom. The van der Waals surface area contributed by atoms with Crippen molar-refractivity contribution in [3.05, 3.63) is 65.2 Å². The van der Waals surface area contributed by atoms with Crippen LogP contribution in [0.25, 0.3) is 22.3 Å². The lowest BCUT2D eigenvalue weighted by Crippen LogP contribution is -2.54. The predicted molar refractivity (Wildman–Crippen MR) is 261 cm³/mol. The molecular weight excluding hydrogens is 812 g/mol. The lowest BCUT2D eigenvalue weighted by atomic mass is 9.47. The predicted octanol–water partition coefficient (Wildman–Crippen LogP) is 11.4. The minimum absolute atomic E-state index is 0.0511. The van der Waals surface area contributed by atoms with E-state index in [1.165, 1.54) is 90.4 Å². The highest BCUT2D eigenvalue weighted by Gasteiger charge is 2.56. The number of hydrogen-bond acceptors (Lipinski definition) is 6. The molecular formula is C53H71BFN7O3. The number of halogens is 1. The Hall–Kier alpha value is -4.74. The highest BCUT2D eigenvalue weighted by Crippen LogP contribution is 2.54. The number of aryl methyl sites for hydroxylation is 1. The van der Waals surface area contributed by atoms with Gasteiger partial charge in [-0.15, -0.1) is 0 Å². The summed E-state index contributed by atoms with van der Waals surface area (Å²) in [5.74, 6) is 3.05. The van der Waals surface area contributed by atoms with Crippen LogP contribution in [0.5, 0.6) is 0 Å². The minimum Gasteiger partial charge on any atom is -0.350 e. The fourth-order valence-electron chi connectivity index (χ4n) is 12.6. The smallest absolute Gasteiger partial charge is 0.251 e. The molecule has 3 amide bonds. The first-order chi connectivity index (χ1) is 31.3. The number of piperidine rings is 1. The van der Waals surface area contributed by atoms with Crippen molar-refractivity contribution in [2.45, 2.75) is 179 Å². The lowest BCUT2D eigenvalue weighted by molar-refractivity contribution is -0.134. The zero-order chi connectivity index (χ0) is 45.6. The van der Waals surface area contributed by atoms with Crippen LogP contribution in [-0.2, 0) is 15.0 Å². The highest BCUT2D eigenvalue weighted by atomic mass is 19.1. The summed E-state index contributed by atoms with van der Waals surface area (Å²) >= 11 is 0. The van der Waals surface area contributed by atoms with Gasteiger partial charge < -0.3 is 25.0 Å². The van der Waals surface area contributed by atoms with Gasteiger partial charge in [0.05, 0.1) is 28.6 Å². The van der Waals surface area contributed by atoms with Gasteiger partial charge in [-0.1, -0.05) is 101 Å². The molecule has 9 rings (SSSR count). The second-order valence-electron chi connectivity index (χ2n) is 21.3. The van der Waals surface area contributed by atoms with Crippen molar-refractivity contribution in [1.82, 2.24) is 24.8 Å². The van der Waals surface area contributed by atoms with Gasteiger partial charge in [0.1, 0.15) is 18.6 Å². The Balaban J connectivity index is 1.02. The molecule has 1 spiro atoms. The molecule has 2 aromatic heterocycles. The lowest BCUT2D eigenvalue weighted by Gasteiger charge is -2.48. The van der Waals surface area contributed by atoms with Crippen LogP contribution in [0, 0.1) is 24.6 Å². The van der Waals surface area contributed by atoms with Crippen LogP contribution in [0.4, 0.5) is 21.6 Å². The summed E-state index contributed by atoms with van der Waals surface area (Å²) in [4.78, 5) is 54.9. The second-order valence-corrected chi connectivity index (χ2v) is 21.3. The maximum absolute atomic E-state index is 15.8. The number of amides is 3. The fraction of sp³-hybridized carbons (Fsp3) is 0.604. The third kappa shape index (κ3) is 9.08. The van der Waals surface area contributed by atoms with Crippen LogP contribution in [0.1, 0.15) is 165 Å². The molecule has 2 unspecified atom stereocenters. The zero-order valence-electron chi connectivity index (χ0n) is 39.9. The number of likely N-dealkylation sites (tertiary alicyclic amines) is 1. The third-order valence-electron chi connectivity index (χ3n) is 16.2. The van der Waals surface area contributed by atoms with Crippen molar-refractivity contribution < 1.29 is 18.8 Å². The monoisotopic (exact) mass is 884 g/mol. The topological polar surface area (TPSA) is 112 Å². The van der Waals surface area contributed by atoms with Gasteiger partial charge in [-0.25, -0.2) is 14.4 Å². The molecule has 4 heterocycles. The summed E-state index contributed by atoms with van der Waals surface area (Å²) in [5, 5.41) is 6.23. The first kappa shape index (κ1) is 45.4. The van der Waals surface area contributed by atoms with Gasteiger partial charge in [0.15, 0.2) is 5.82 Å². The van der Waals surface area contributed by atoms with E-state index in [-0.39, 0.29) is 41.5 Å². The third-order valence-corrected chi connectivity index (χ3v) is 16.2. The Morgan fingerprint density at radius 2 is 1.57 bits per heavy atom. The Bertz CT molecular complexity index is 2410. The first-order valence-electron chi connectivity index (χ1n) is 25.3. The molecule has 0 bridgehead atoms. The Labute approximate surface area is 386 Å². The number of nitrogens with one attached hydrogen (secondary N) is 2. The second kappa shape index (κ2) is 18.9. The van der Waals surface area contributed by atoms with Crippen LogP contribution in [0.15, 0.2) is 42.7 Å². The maximum Gasteiger partial charge on any atom is 0.251 e. The molecule has 346 valence electrons. The average Bonchev–Trinajstić information content (AvgIpc) is 3.83. The number of imidazole rings is 1. The van der Waals surface area contributed by atoms with Gasteiger partial charge in [0, 0.05) is 55.0 Å². The molecule has 4 fully saturated rings. The Kier molecular flexibility index (Phi) is 13.2. The van der Waals surface area contributed by atoms with E-state index in [0.29, 0.717) is 60.0 Å². The van der Waals surface area contributed by atoms with E-state index in [1.807, 2.05) is 29.4 Å². The summed E-state index contributed by atoms with van der Waals surface area (Å²) in [6, 6.07) is 11.4. The zero-order valence-corrected chi connectivity index (χ0v) is 39.9. The van der Waals surface area contributed by atoms with Gasteiger partial charge >= 0.3 is 0 Å². The molecule has 5 aliphatic rings. The molecule has 3 aliphatic carbocycles. The Morgan fingerprint density at radius 1 is 0.862 bits per heavy atom. The highest BCUT2D eigenvalue weighted by molar-refractivity contribution is 6.39. The number of pyridine rings is 1. The van der Waals surface area contributed by atoms with Crippen molar-refractivity contribution >= 4 is 53.2 Å². The van der Waals surface area contributed by atoms with Crippen LogP contribution in [-0.4, -0.2) is 69.6 Å². The number of nitrogens with zero attached hydrogens (tertiary/aromatic N) is 5. The number of carbonyl (C=O) groups is 3. The molecule has 1 saturated heterocycles. The van der Waals surface area contributed by atoms with Crippen molar-refractivity contribution in [3.63, 3.8) is 0 Å². The summed E-state index contributed by atoms with van der Waals surface area (Å²) in [6.45, 7) is 12.4. The summed E-state index contributed by atoms with van der Waals surface area (Å²) in [6.07, 6.45) is 21.8. The van der Waals surface area contributed by atoms with Gasteiger partial charge in [0.25, 0.3) is 5.91 Å². The van der Waals surface area contributed by atoms with Gasteiger partial charge in [0.2, 0.25) is 11.8 Å². The fourth-order valence-corrected chi connectivity index (χ4v) is 12.6. The number of carbonyl (C=O) groups excluding carboxylic acids is 3. The quantitative estimate of drug-likeness (QED) is 0.153. The molecule has 12 heteroatoms. The van der Waals surface area contributed by atoms with Gasteiger partial charge in [-0.05, 0) is 108 Å². The van der Waals surface area contributed by atoms with E-state index in [2.05, 4.69) is 47.6 Å². The standard InChI is InChI=1S/C53H71BFN7O3/c1-32(2)57-51(64)42-29-46(44(55)24-34(42)5)59-50-49-47(56-31-61(49)33(3)4)30-45(58-50)37-18-19-43-48(28-37)62(52(65)53(43)20-22-60(23-21-53)35(6)63)41-26-38(27-41)36-14-13-17-40(25-36)54-39-15-11-9-7-8-10-12-16-39/h18-19,24,28-33,36,38-41,54H,7-17,20-23,25-27H2,1-6H3,(H,57,64)(H,58,59). The van der Waals surface area contributed by atoms with Crippen LogP contribution < -0.4 is 15.5 Å². The van der Waals surface area contributed by atoms with E-state index in [1.54, 1.807) is 26.2 Å². The van der Waals surface area contributed by atoms with E-state index in [4.69, 9.17) is 9.97 Å². The minimum atomic E-state index is -0.667. The van der Waals surface area contributed by atoms with Crippen LogP contribution >= 0.6 is 0 Å². The number of hydrogen-bond donors (Lipinski definition) is 2. The van der Waals surface area contributed by atoms with Crippen LogP contribution in [0.2, 0.25) is 11.6 Å². The van der Waals surface area contributed by atoms with Crippen molar-refractivity contribution in [2.24, 2.45) is 11.8 Å². The summed E-state index contributed by atoms with van der Waals surface area (Å²) in [7, 11) is 1.42. The van der Waals surface area contributed by atoms with E-state index in [0.717, 1.165) is 52.7 Å². The number of fused-ring (bicyclic) bond motifs is 3. The number of anilines is 3. The molecule has 2 N–H and O–H groups in total. The van der Waals surface area contributed by atoms with Gasteiger partial charge in [-0.3, -0.25) is 14.4 Å². The van der Waals surface area contributed by atoms with Crippen LogP contribution in [0.3, 0.4) is 0 Å². The molecule has 3 saturated carbocycles. The normalized spacial score (nSPS) is 23.9. The molecule has 2 atom stereocenters. The van der Waals surface area contributed by atoms with E-state index >= 15 is 9.18 Å². The van der Waals surface area contributed by atoms with E-state index in [9.17, 15) is 9.59 Å². The molecule has 10 nitrogen and oxygen atoms in total. The SMILES string of the molecule is CC(=O)N1CCC2(CC1)C(=O)N(C1CC(C3CCCC(BC4CCCCCCCC4)C3)C1)c1cc(-c3cc4ncn(C(C)C)c4c(Nc4cc(C(=O)NC(C)C)c(C)cc4F)n3)ccc12. The maximum atomic E-state index is 15.8. The number of aromatic nitrogens is 3. The first-order valence-corrected chi connectivity index (χ1v) is 25.3. The molecule has 2 aliphatic heterocycles. The van der Waals surface area contributed by atoms with Crippen molar-refractivity contribution in [2.75, 3.05) is 23.3 Å². The average molecular weight is 884 g/mol.